The van der Waals surface area contributed by atoms with Gasteiger partial charge in [-0.2, -0.15) is 0 Å². The molecule has 0 aliphatic carbocycles. The Morgan fingerprint density at radius 3 is 2.80 bits per heavy atom. The minimum Gasteiger partial charge on any atom is -0.454 e. The number of hydrogen-bond donors (Lipinski definition) is 1. The second kappa shape index (κ2) is 12.4. The van der Waals surface area contributed by atoms with E-state index in [9.17, 15) is 4.79 Å². The quantitative estimate of drug-likeness (QED) is 0.431. The number of aryl methyl sites for hydroxylation is 2. The van der Waals surface area contributed by atoms with E-state index in [0.717, 1.165) is 87.7 Å². The van der Waals surface area contributed by atoms with E-state index in [0.29, 0.717) is 25.0 Å². The highest BCUT2D eigenvalue weighted by Crippen LogP contribution is 2.39. The normalized spacial score (nSPS) is 19.4. The van der Waals surface area contributed by atoms with Crippen molar-refractivity contribution in [2.24, 2.45) is 5.73 Å². The summed E-state index contributed by atoms with van der Waals surface area (Å²) in [5, 5.41) is 0. The minimum absolute atomic E-state index is 0.221. The van der Waals surface area contributed by atoms with Crippen LogP contribution in [0.15, 0.2) is 28.8 Å². The van der Waals surface area contributed by atoms with Gasteiger partial charge in [0.2, 0.25) is 12.7 Å². The highest BCUT2D eigenvalue weighted by Gasteiger charge is 2.35. The molecule has 4 rings (SSSR count). The number of benzene rings is 1. The fraction of sp³-hybridized carbons (Fsp3) is 0.630. The fourth-order valence-corrected chi connectivity index (χ4v) is 5.12. The van der Waals surface area contributed by atoms with Gasteiger partial charge in [-0.15, -0.1) is 0 Å². The van der Waals surface area contributed by atoms with Crippen LogP contribution in [-0.4, -0.2) is 66.2 Å². The molecule has 8 heteroatoms. The number of unbranched alkanes of at least 4 members (excludes halogenated alkanes) is 2. The molecule has 35 heavy (non-hydrogen) atoms. The number of nitrogens with two attached hydrogens (primary N) is 1. The van der Waals surface area contributed by atoms with Crippen LogP contribution in [-0.2, 0) is 11.2 Å². The summed E-state index contributed by atoms with van der Waals surface area (Å²) in [7, 11) is 0. The van der Waals surface area contributed by atoms with Crippen molar-refractivity contribution < 1.29 is 18.7 Å². The van der Waals surface area contributed by atoms with Crippen LogP contribution in [0.3, 0.4) is 0 Å². The number of rotatable bonds is 13. The van der Waals surface area contributed by atoms with Gasteiger partial charge in [-0.05, 0) is 69.2 Å². The van der Waals surface area contributed by atoms with Gasteiger partial charge >= 0.3 is 0 Å². The van der Waals surface area contributed by atoms with Crippen molar-refractivity contribution in [3.05, 3.63) is 41.6 Å². The van der Waals surface area contributed by atoms with Crippen LogP contribution in [0.1, 0.15) is 68.6 Å². The number of ether oxygens (including phenoxy) is 2. The lowest BCUT2D eigenvalue weighted by Crippen LogP contribution is -2.43. The van der Waals surface area contributed by atoms with Crippen LogP contribution in [0.5, 0.6) is 11.5 Å². The van der Waals surface area contributed by atoms with Gasteiger partial charge in [-0.25, -0.2) is 4.98 Å². The first-order valence-electron chi connectivity index (χ1n) is 13.1. The number of amides is 1. The van der Waals surface area contributed by atoms with Crippen LogP contribution in [0.2, 0.25) is 0 Å². The van der Waals surface area contributed by atoms with E-state index < -0.39 is 0 Å². The van der Waals surface area contributed by atoms with Crippen molar-refractivity contribution in [2.45, 2.75) is 70.8 Å². The molecule has 2 aliphatic heterocycles. The van der Waals surface area contributed by atoms with E-state index in [2.05, 4.69) is 28.9 Å². The lowest BCUT2D eigenvalue weighted by Gasteiger charge is -2.28. The topological polar surface area (TPSA) is 94.1 Å². The lowest BCUT2D eigenvalue weighted by atomic mass is 9.94. The number of likely N-dealkylation sites (tertiary alicyclic amines) is 1. The molecule has 0 unspecified atom stereocenters. The molecule has 1 aromatic heterocycles. The highest BCUT2D eigenvalue weighted by molar-refractivity contribution is 5.78. The standard InChI is InChI=1S/C27H40N4O4/c1-3-4-12-30(13-6-5-11-28)27(32)18-31-17-22(21-7-9-24-25(15-21)34-19-33-24)14-23(31)8-10-26-29-16-20(2)35-26/h7,9,15-16,22-23H,3-6,8,10-14,17-19,28H2,1-2H3/t22-,23+/m1/s1. The van der Waals surface area contributed by atoms with Crippen LogP contribution < -0.4 is 15.2 Å². The summed E-state index contributed by atoms with van der Waals surface area (Å²) >= 11 is 0. The van der Waals surface area contributed by atoms with Crippen LogP contribution >= 0.6 is 0 Å². The number of carbonyl (C=O) groups is 1. The first-order valence-corrected chi connectivity index (χ1v) is 13.1. The van der Waals surface area contributed by atoms with Crippen LogP contribution in [0.4, 0.5) is 0 Å². The third kappa shape index (κ3) is 6.76. The third-order valence-electron chi connectivity index (χ3n) is 7.11. The first-order chi connectivity index (χ1) is 17.1. The molecule has 3 heterocycles. The second-order valence-electron chi connectivity index (χ2n) is 9.76. The number of carbonyl (C=O) groups excluding carboxylic acids is 1. The summed E-state index contributed by atoms with van der Waals surface area (Å²) in [6.07, 6.45) is 8.46. The number of fused-ring (bicyclic) bond motifs is 1. The second-order valence-corrected chi connectivity index (χ2v) is 9.76. The fourth-order valence-electron chi connectivity index (χ4n) is 5.12. The molecule has 1 fully saturated rings. The molecule has 0 spiro atoms. The maximum atomic E-state index is 13.4. The summed E-state index contributed by atoms with van der Waals surface area (Å²) in [6.45, 7) is 7.94. The number of nitrogens with zero attached hydrogens (tertiary/aromatic N) is 3. The predicted octanol–water partition coefficient (Wildman–Crippen LogP) is 3.87. The van der Waals surface area contributed by atoms with Gasteiger partial charge in [-0.3, -0.25) is 9.69 Å². The van der Waals surface area contributed by atoms with Gasteiger partial charge in [0.25, 0.3) is 0 Å². The van der Waals surface area contributed by atoms with Gasteiger partial charge in [0.05, 0.1) is 12.7 Å². The summed E-state index contributed by atoms with van der Waals surface area (Å²) in [5.41, 5.74) is 6.93. The number of hydrogen-bond acceptors (Lipinski definition) is 7. The maximum Gasteiger partial charge on any atom is 0.236 e. The van der Waals surface area contributed by atoms with Gasteiger partial charge in [-0.1, -0.05) is 19.4 Å². The Morgan fingerprint density at radius 2 is 2.03 bits per heavy atom. The molecule has 2 aliphatic rings. The Hall–Kier alpha value is -2.58. The average molecular weight is 485 g/mol. The van der Waals surface area contributed by atoms with Crippen molar-refractivity contribution in [1.82, 2.24) is 14.8 Å². The molecule has 1 amide bonds. The van der Waals surface area contributed by atoms with E-state index in [1.807, 2.05) is 17.9 Å². The van der Waals surface area contributed by atoms with Crippen LogP contribution in [0.25, 0.3) is 0 Å². The highest BCUT2D eigenvalue weighted by atomic mass is 16.7. The maximum absolute atomic E-state index is 13.4. The Kier molecular flexibility index (Phi) is 9.04. The lowest BCUT2D eigenvalue weighted by molar-refractivity contribution is -0.132. The van der Waals surface area contributed by atoms with Gasteiger partial charge in [0.15, 0.2) is 17.4 Å². The molecule has 1 saturated heterocycles. The molecule has 0 bridgehead atoms. The molecule has 0 radical (unpaired) electrons. The smallest absolute Gasteiger partial charge is 0.236 e. The molecule has 0 saturated carbocycles. The molecular formula is C27H40N4O4. The van der Waals surface area contributed by atoms with E-state index >= 15 is 0 Å². The molecular weight excluding hydrogens is 444 g/mol. The molecule has 192 valence electrons. The average Bonchev–Trinajstić information content (AvgIpc) is 3.59. The largest absolute Gasteiger partial charge is 0.454 e. The Labute approximate surface area is 208 Å². The molecule has 8 nitrogen and oxygen atoms in total. The van der Waals surface area contributed by atoms with Crippen molar-refractivity contribution in [3.8, 4) is 11.5 Å². The Morgan fingerprint density at radius 1 is 1.20 bits per heavy atom. The molecule has 2 aromatic rings. The zero-order chi connectivity index (χ0) is 24.6. The zero-order valence-electron chi connectivity index (χ0n) is 21.2. The Balaban J connectivity index is 1.45. The van der Waals surface area contributed by atoms with Crippen molar-refractivity contribution in [3.63, 3.8) is 0 Å². The molecule has 2 atom stereocenters. The SMILES string of the molecule is CCCCN(CCCCN)C(=O)CN1C[C@H](c2ccc3c(c2)OCO3)C[C@@H]1CCc1ncc(C)o1. The number of oxazole rings is 1. The number of aromatic nitrogens is 1. The van der Waals surface area contributed by atoms with Gasteiger partial charge < -0.3 is 24.5 Å². The van der Waals surface area contributed by atoms with Crippen LogP contribution in [0, 0.1) is 6.92 Å². The summed E-state index contributed by atoms with van der Waals surface area (Å²) in [6, 6.07) is 6.53. The van der Waals surface area contributed by atoms with Crippen molar-refractivity contribution in [1.29, 1.82) is 0 Å². The summed E-state index contributed by atoms with van der Waals surface area (Å²) < 4.78 is 16.8. The summed E-state index contributed by atoms with van der Waals surface area (Å²) in [4.78, 5) is 22.2. The van der Waals surface area contributed by atoms with Gasteiger partial charge in [0, 0.05) is 32.1 Å². The van der Waals surface area contributed by atoms with Crippen molar-refractivity contribution >= 4 is 5.91 Å². The monoisotopic (exact) mass is 484 g/mol. The van der Waals surface area contributed by atoms with Gasteiger partial charge in [0.1, 0.15) is 5.76 Å². The van der Waals surface area contributed by atoms with E-state index in [1.54, 1.807) is 6.20 Å². The summed E-state index contributed by atoms with van der Waals surface area (Å²) in [5.74, 6) is 3.79. The minimum atomic E-state index is 0.221. The molecule has 1 aromatic carbocycles. The first kappa shape index (κ1) is 25.5. The van der Waals surface area contributed by atoms with Crippen molar-refractivity contribution in [2.75, 3.05) is 39.5 Å². The zero-order valence-corrected chi connectivity index (χ0v) is 21.2. The molecule has 2 N–H and O–H groups in total. The predicted molar refractivity (Wildman–Crippen MR) is 135 cm³/mol. The van der Waals surface area contributed by atoms with E-state index in [-0.39, 0.29) is 12.7 Å². The van der Waals surface area contributed by atoms with E-state index in [4.69, 9.17) is 19.6 Å². The van der Waals surface area contributed by atoms with E-state index in [1.165, 1.54) is 5.56 Å². The Bertz CT molecular complexity index is 962. The third-order valence-corrected chi connectivity index (χ3v) is 7.11.